The summed E-state index contributed by atoms with van der Waals surface area (Å²) in [6, 6.07) is 0. The maximum atomic E-state index is 10.8. The van der Waals surface area contributed by atoms with Crippen LogP contribution in [0, 0.1) is 5.41 Å². The van der Waals surface area contributed by atoms with Gasteiger partial charge in [-0.2, -0.15) is 0 Å². The average Bonchev–Trinajstić information content (AvgIpc) is 2.51. The first-order valence-electron chi connectivity index (χ1n) is 7.56. The third kappa shape index (κ3) is 3.00. The second kappa shape index (κ2) is 5.60. The lowest BCUT2D eigenvalue weighted by Crippen LogP contribution is -2.43. The highest BCUT2D eigenvalue weighted by Crippen LogP contribution is 2.44. The summed E-state index contributed by atoms with van der Waals surface area (Å²) >= 11 is 0. The highest BCUT2D eigenvalue weighted by atomic mass is 16.4. The molecule has 2 fully saturated rings. The fourth-order valence-corrected chi connectivity index (χ4v) is 3.52. The summed E-state index contributed by atoms with van der Waals surface area (Å²) < 4.78 is 0. The van der Waals surface area contributed by atoms with Crippen LogP contribution in [0.25, 0.3) is 0 Å². The molecule has 0 atom stereocenters. The summed E-state index contributed by atoms with van der Waals surface area (Å²) in [5, 5.41) is 18.5. The molecule has 0 amide bonds. The summed E-state index contributed by atoms with van der Waals surface area (Å²) in [6.07, 6.45) is 9.07. The predicted octanol–water partition coefficient (Wildman–Crippen LogP) is 1.70. The van der Waals surface area contributed by atoms with Crippen molar-refractivity contribution in [3.63, 3.8) is 0 Å². The van der Waals surface area contributed by atoms with Gasteiger partial charge in [0.15, 0.2) is 5.69 Å². The molecule has 1 aliphatic carbocycles. The van der Waals surface area contributed by atoms with Crippen molar-refractivity contribution < 1.29 is 15.0 Å². The minimum absolute atomic E-state index is 0.0199. The minimum Gasteiger partial charge on any atom is -0.476 e. The molecule has 1 saturated carbocycles. The Balaban J connectivity index is 1.61. The molecule has 6 nitrogen and oxygen atoms in total. The molecule has 0 bridgehead atoms. The predicted molar refractivity (Wildman–Crippen MR) is 77.3 cm³/mol. The number of hydrogen-bond acceptors (Lipinski definition) is 5. The van der Waals surface area contributed by atoms with Crippen molar-refractivity contribution in [2.75, 3.05) is 18.0 Å². The van der Waals surface area contributed by atoms with E-state index >= 15 is 0 Å². The number of anilines is 1. The zero-order valence-electron chi connectivity index (χ0n) is 12.0. The van der Waals surface area contributed by atoms with Crippen LogP contribution >= 0.6 is 0 Å². The van der Waals surface area contributed by atoms with Crippen LogP contribution in [-0.4, -0.2) is 45.3 Å². The molecular weight excluding hydrogens is 270 g/mol. The van der Waals surface area contributed by atoms with E-state index in [0.29, 0.717) is 5.41 Å². The van der Waals surface area contributed by atoms with Crippen molar-refractivity contribution in [2.24, 2.45) is 5.41 Å². The molecule has 0 radical (unpaired) electrons. The van der Waals surface area contributed by atoms with Crippen LogP contribution in [0.15, 0.2) is 12.4 Å². The highest BCUT2D eigenvalue weighted by Gasteiger charge is 2.37. The van der Waals surface area contributed by atoms with E-state index in [9.17, 15) is 9.90 Å². The van der Waals surface area contributed by atoms with E-state index in [4.69, 9.17) is 5.11 Å². The summed E-state index contributed by atoms with van der Waals surface area (Å²) in [6.45, 7) is 1.86. The maximum Gasteiger partial charge on any atom is 0.356 e. The first kappa shape index (κ1) is 14.3. The second-order valence-corrected chi connectivity index (χ2v) is 6.28. The number of carboxylic acid groups (broad SMARTS) is 1. The van der Waals surface area contributed by atoms with Crippen molar-refractivity contribution in [3.8, 4) is 0 Å². The normalized spacial score (nSPS) is 22.4. The topological polar surface area (TPSA) is 86.5 Å². The molecule has 0 aromatic carbocycles. The van der Waals surface area contributed by atoms with E-state index < -0.39 is 5.97 Å². The van der Waals surface area contributed by atoms with Crippen LogP contribution in [-0.2, 0) is 0 Å². The van der Waals surface area contributed by atoms with Gasteiger partial charge in [-0.05, 0) is 43.9 Å². The average molecular weight is 291 g/mol. The van der Waals surface area contributed by atoms with Crippen molar-refractivity contribution >= 4 is 11.8 Å². The number of carbonyl (C=O) groups is 1. The van der Waals surface area contributed by atoms with Crippen molar-refractivity contribution in [1.82, 2.24) is 9.97 Å². The van der Waals surface area contributed by atoms with Crippen LogP contribution in [0.4, 0.5) is 5.82 Å². The van der Waals surface area contributed by atoms with E-state index in [1.807, 2.05) is 0 Å². The molecule has 2 heterocycles. The first-order chi connectivity index (χ1) is 10.1. The molecule has 2 N–H and O–H groups in total. The van der Waals surface area contributed by atoms with Crippen LogP contribution in [0.2, 0.25) is 0 Å². The first-order valence-corrected chi connectivity index (χ1v) is 7.56. The van der Waals surface area contributed by atoms with E-state index in [0.717, 1.165) is 57.4 Å². The second-order valence-electron chi connectivity index (χ2n) is 6.28. The summed E-state index contributed by atoms with van der Waals surface area (Å²) in [7, 11) is 0. The Morgan fingerprint density at radius 3 is 2.33 bits per heavy atom. The standard InChI is InChI=1S/C15H21N3O3/c19-11-1-3-15(4-2-11)5-7-18(8-6-15)13-10-16-12(9-17-13)14(20)21/h9-11,19H,1-8H2,(H,20,21). The van der Waals surface area contributed by atoms with Crippen molar-refractivity contribution in [2.45, 2.75) is 44.6 Å². The number of aromatic nitrogens is 2. The zero-order valence-corrected chi connectivity index (χ0v) is 12.0. The minimum atomic E-state index is -1.05. The SMILES string of the molecule is O=C(O)c1cnc(N2CCC3(CCC(O)CC3)CC2)cn1. The highest BCUT2D eigenvalue weighted by molar-refractivity contribution is 5.84. The molecule has 21 heavy (non-hydrogen) atoms. The molecule has 1 saturated heterocycles. The Bertz CT molecular complexity index is 499. The fraction of sp³-hybridized carbons (Fsp3) is 0.667. The Kier molecular flexibility index (Phi) is 3.80. The molecule has 3 rings (SSSR count). The van der Waals surface area contributed by atoms with E-state index in [1.165, 1.54) is 6.20 Å². The Morgan fingerprint density at radius 2 is 1.81 bits per heavy atom. The summed E-state index contributed by atoms with van der Waals surface area (Å²) in [5.41, 5.74) is 0.373. The Labute approximate surface area is 123 Å². The molecule has 1 aromatic heterocycles. The van der Waals surface area contributed by atoms with Crippen molar-refractivity contribution in [1.29, 1.82) is 0 Å². The number of aliphatic hydroxyl groups is 1. The van der Waals surface area contributed by atoms with Gasteiger partial charge in [0, 0.05) is 13.1 Å². The third-order valence-corrected chi connectivity index (χ3v) is 5.02. The Hall–Kier alpha value is -1.69. The fourth-order valence-electron chi connectivity index (χ4n) is 3.52. The van der Waals surface area contributed by atoms with Gasteiger partial charge in [-0.3, -0.25) is 0 Å². The largest absolute Gasteiger partial charge is 0.476 e. The number of carboxylic acids is 1. The van der Waals surface area contributed by atoms with Crippen LogP contribution in [0.1, 0.15) is 49.0 Å². The third-order valence-electron chi connectivity index (χ3n) is 5.02. The maximum absolute atomic E-state index is 10.8. The number of aliphatic hydroxyl groups excluding tert-OH is 1. The summed E-state index contributed by atoms with van der Waals surface area (Å²) in [4.78, 5) is 21.1. The monoisotopic (exact) mass is 291 g/mol. The van der Waals surface area contributed by atoms with Crippen LogP contribution in [0.3, 0.4) is 0 Å². The molecule has 114 valence electrons. The van der Waals surface area contributed by atoms with E-state index in [2.05, 4.69) is 14.9 Å². The van der Waals surface area contributed by atoms with Gasteiger partial charge in [0.05, 0.1) is 18.5 Å². The smallest absolute Gasteiger partial charge is 0.356 e. The van der Waals surface area contributed by atoms with Crippen LogP contribution < -0.4 is 4.90 Å². The number of nitrogens with zero attached hydrogens (tertiary/aromatic N) is 3. The summed E-state index contributed by atoms with van der Waals surface area (Å²) in [5.74, 6) is -0.293. The van der Waals surface area contributed by atoms with Gasteiger partial charge in [-0.25, -0.2) is 14.8 Å². The molecule has 1 aliphatic heterocycles. The lowest BCUT2D eigenvalue weighted by molar-refractivity contribution is 0.0477. The lowest BCUT2D eigenvalue weighted by Gasteiger charge is -2.45. The number of rotatable bonds is 2. The molecule has 2 aliphatic rings. The molecule has 1 aromatic rings. The van der Waals surface area contributed by atoms with E-state index in [1.54, 1.807) is 6.20 Å². The molecule has 1 spiro atoms. The van der Waals surface area contributed by atoms with Gasteiger partial charge < -0.3 is 15.1 Å². The van der Waals surface area contributed by atoms with Crippen LogP contribution in [0.5, 0.6) is 0 Å². The van der Waals surface area contributed by atoms with Gasteiger partial charge >= 0.3 is 5.97 Å². The van der Waals surface area contributed by atoms with Crippen molar-refractivity contribution in [3.05, 3.63) is 18.1 Å². The van der Waals surface area contributed by atoms with E-state index in [-0.39, 0.29) is 11.8 Å². The van der Waals surface area contributed by atoms with Gasteiger partial charge in [0.1, 0.15) is 5.82 Å². The molecule has 6 heteroatoms. The van der Waals surface area contributed by atoms with Gasteiger partial charge in [-0.15, -0.1) is 0 Å². The van der Waals surface area contributed by atoms with Gasteiger partial charge in [0.25, 0.3) is 0 Å². The van der Waals surface area contributed by atoms with Gasteiger partial charge in [0.2, 0.25) is 0 Å². The number of aromatic carboxylic acids is 1. The number of hydrogen-bond donors (Lipinski definition) is 2. The quantitative estimate of drug-likeness (QED) is 0.862. The number of piperidine rings is 1. The molecule has 0 unspecified atom stereocenters. The van der Waals surface area contributed by atoms with Gasteiger partial charge in [-0.1, -0.05) is 0 Å². The zero-order chi connectivity index (χ0) is 14.9. The lowest BCUT2D eigenvalue weighted by atomic mass is 9.67. The molecular formula is C15H21N3O3. The Morgan fingerprint density at radius 1 is 1.14 bits per heavy atom.